The summed E-state index contributed by atoms with van der Waals surface area (Å²) in [7, 11) is 0. The highest BCUT2D eigenvalue weighted by Crippen LogP contribution is 2.28. The minimum atomic E-state index is 0.269. The van der Waals surface area contributed by atoms with Gasteiger partial charge in [0, 0.05) is 11.2 Å². The SMILES string of the molecule is CCCc1ccc(OCC(CBr)C(C)(C)C)cc1. The molecule has 0 fully saturated rings. The van der Waals surface area contributed by atoms with E-state index >= 15 is 0 Å². The van der Waals surface area contributed by atoms with Crippen LogP contribution in [0.3, 0.4) is 0 Å². The maximum absolute atomic E-state index is 5.89. The van der Waals surface area contributed by atoms with Gasteiger partial charge in [-0.1, -0.05) is 62.2 Å². The maximum atomic E-state index is 5.89. The normalized spacial score (nSPS) is 13.4. The molecule has 0 bridgehead atoms. The molecule has 0 aliphatic rings. The van der Waals surface area contributed by atoms with Crippen molar-refractivity contribution in [3.8, 4) is 5.75 Å². The number of ether oxygens (including phenoxy) is 1. The summed E-state index contributed by atoms with van der Waals surface area (Å²) in [5, 5.41) is 0.977. The van der Waals surface area contributed by atoms with Gasteiger partial charge in [-0.05, 0) is 29.5 Å². The van der Waals surface area contributed by atoms with Crippen LogP contribution in [0.1, 0.15) is 39.7 Å². The van der Waals surface area contributed by atoms with Gasteiger partial charge in [0.1, 0.15) is 5.75 Å². The van der Waals surface area contributed by atoms with E-state index in [4.69, 9.17) is 4.74 Å². The lowest BCUT2D eigenvalue weighted by atomic mass is 9.83. The van der Waals surface area contributed by atoms with E-state index in [-0.39, 0.29) is 5.41 Å². The minimum Gasteiger partial charge on any atom is -0.493 e. The van der Waals surface area contributed by atoms with E-state index in [1.807, 2.05) is 0 Å². The first-order valence-corrected chi connectivity index (χ1v) is 7.87. The molecule has 102 valence electrons. The van der Waals surface area contributed by atoms with Crippen LogP contribution < -0.4 is 4.74 Å². The molecule has 1 atom stereocenters. The molecule has 0 aromatic heterocycles. The predicted octanol–water partition coefficient (Wildman–Crippen LogP) is 5.08. The van der Waals surface area contributed by atoms with E-state index in [0.29, 0.717) is 5.92 Å². The number of aryl methyl sites for hydroxylation is 1. The summed E-state index contributed by atoms with van der Waals surface area (Å²) in [6, 6.07) is 8.50. The topological polar surface area (TPSA) is 9.23 Å². The first-order valence-electron chi connectivity index (χ1n) is 6.75. The van der Waals surface area contributed by atoms with Gasteiger partial charge in [0.05, 0.1) is 6.61 Å². The smallest absolute Gasteiger partial charge is 0.119 e. The highest BCUT2D eigenvalue weighted by molar-refractivity contribution is 9.09. The summed E-state index contributed by atoms with van der Waals surface area (Å²) in [5.41, 5.74) is 1.66. The van der Waals surface area contributed by atoms with Crippen molar-refractivity contribution in [3.05, 3.63) is 29.8 Å². The molecule has 0 radical (unpaired) electrons. The Morgan fingerprint density at radius 2 is 1.78 bits per heavy atom. The van der Waals surface area contributed by atoms with E-state index in [1.165, 1.54) is 12.0 Å². The van der Waals surface area contributed by atoms with Gasteiger partial charge in [-0.3, -0.25) is 0 Å². The summed E-state index contributed by atoms with van der Waals surface area (Å²) >= 11 is 3.58. The molecule has 0 amide bonds. The van der Waals surface area contributed by atoms with Crippen molar-refractivity contribution >= 4 is 15.9 Å². The average molecular weight is 313 g/mol. The Kier molecular flexibility index (Phi) is 6.20. The van der Waals surface area contributed by atoms with Crippen molar-refractivity contribution < 1.29 is 4.74 Å². The third-order valence-corrected chi connectivity index (χ3v) is 4.11. The molecule has 2 heteroatoms. The van der Waals surface area contributed by atoms with Crippen LogP contribution in [-0.2, 0) is 6.42 Å². The molecule has 0 heterocycles. The lowest BCUT2D eigenvalue weighted by Crippen LogP contribution is -2.27. The second-order valence-electron chi connectivity index (χ2n) is 5.92. The van der Waals surface area contributed by atoms with Crippen LogP contribution >= 0.6 is 15.9 Å². The molecule has 0 saturated carbocycles. The van der Waals surface area contributed by atoms with Gasteiger partial charge in [-0.25, -0.2) is 0 Å². The summed E-state index contributed by atoms with van der Waals surface area (Å²) in [5.74, 6) is 1.50. The molecular formula is C16H25BrO. The molecule has 1 rings (SSSR count). The fourth-order valence-corrected chi connectivity index (χ4v) is 2.92. The number of hydrogen-bond acceptors (Lipinski definition) is 1. The molecule has 0 saturated heterocycles. The van der Waals surface area contributed by atoms with Crippen LogP contribution in [0.2, 0.25) is 0 Å². The van der Waals surface area contributed by atoms with Crippen molar-refractivity contribution in [2.24, 2.45) is 11.3 Å². The Balaban J connectivity index is 2.52. The number of benzene rings is 1. The van der Waals surface area contributed by atoms with Gasteiger partial charge >= 0.3 is 0 Å². The monoisotopic (exact) mass is 312 g/mol. The lowest BCUT2D eigenvalue weighted by molar-refractivity contribution is 0.166. The highest BCUT2D eigenvalue weighted by Gasteiger charge is 2.24. The summed E-state index contributed by atoms with van der Waals surface area (Å²) < 4.78 is 5.89. The number of alkyl halides is 1. The van der Waals surface area contributed by atoms with Gasteiger partial charge in [-0.2, -0.15) is 0 Å². The zero-order chi connectivity index (χ0) is 13.6. The fraction of sp³-hybridized carbons (Fsp3) is 0.625. The van der Waals surface area contributed by atoms with Crippen molar-refractivity contribution in [1.29, 1.82) is 0 Å². The summed E-state index contributed by atoms with van der Waals surface area (Å²) in [6.07, 6.45) is 2.34. The fourth-order valence-electron chi connectivity index (χ4n) is 1.76. The Morgan fingerprint density at radius 3 is 2.22 bits per heavy atom. The standard InChI is InChI=1S/C16H25BrO/c1-5-6-13-7-9-15(10-8-13)18-12-14(11-17)16(2,3)4/h7-10,14H,5-6,11-12H2,1-4H3. The second kappa shape index (κ2) is 7.18. The average Bonchev–Trinajstić information content (AvgIpc) is 2.30. The number of rotatable bonds is 6. The zero-order valence-electron chi connectivity index (χ0n) is 12.0. The van der Waals surface area contributed by atoms with Crippen molar-refractivity contribution in [3.63, 3.8) is 0 Å². The highest BCUT2D eigenvalue weighted by atomic mass is 79.9. The molecule has 1 unspecified atom stereocenters. The van der Waals surface area contributed by atoms with Gasteiger partial charge in [0.15, 0.2) is 0 Å². The van der Waals surface area contributed by atoms with Crippen LogP contribution in [0.4, 0.5) is 0 Å². The molecule has 0 N–H and O–H groups in total. The minimum absolute atomic E-state index is 0.269. The molecule has 0 aliphatic heterocycles. The number of halogens is 1. The van der Waals surface area contributed by atoms with Gasteiger partial charge in [0.25, 0.3) is 0 Å². The molecule has 0 spiro atoms. The molecule has 1 aromatic carbocycles. The van der Waals surface area contributed by atoms with E-state index in [2.05, 4.69) is 67.9 Å². The zero-order valence-corrected chi connectivity index (χ0v) is 13.6. The Labute approximate surface area is 120 Å². The van der Waals surface area contributed by atoms with Crippen LogP contribution in [0.5, 0.6) is 5.75 Å². The lowest BCUT2D eigenvalue weighted by Gasteiger charge is -2.29. The Bertz CT molecular complexity index is 337. The Hall–Kier alpha value is -0.500. The van der Waals surface area contributed by atoms with Crippen LogP contribution in [-0.4, -0.2) is 11.9 Å². The van der Waals surface area contributed by atoms with Crippen LogP contribution in [0.25, 0.3) is 0 Å². The Morgan fingerprint density at radius 1 is 1.17 bits per heavy atom. The summed E-state index contributed by atoms with van der Waals surface area (Å²) in [6.45, 7) is 9.74. The molecule has 1 aromatic rings. The van der Waals surface area contributed by atoms with Crippen molar-refractivity contribution in [2.75, 3.05) is 11.9 Å². The predicted molar refractivity (Wildman–Crippen MR) is 82.7 cm³/mol. The quantitative estimate of drug-likeness (QED) is 0.666. The van der Waals surface area contributed by atoms with Gasteiger partial charge < -0.3 is 4.74 Å². The largest absolute Gasteiger partial charge is 0.493 e. The first kappa shape index (κ1) is 15.6. The van der Waals surface area contributed by atoms with Gasteiger partial charge in [0.2, 0.25) is 0 Å². The third kappa shape index (κ3) is 5.01. The number of hydrogen-bond donors (Lipinski definition) is 0. The maximum Gasteiger partial charge on any atom is 0.119 e. The molecule has 0 aliphatic carbocycles. The molecule has 1 nitrogen and oxygen atoms in total. The molecule has 18 heavy (non-hydrogen) atoms. The van der Waals surface area contributed by atoms with Crippen molar-refractivity contribution in [1.82, 2.24) is 0 Å². The van der Waals surface area contributed by atoms with E-state index in [1.54, 1.807) is 0 Å². The van der Waals surface area contributed by atoms with Crippen LogP contribution in [0.15, 0.2) is 24.3 Å². The third-order valence-electron chi connectivity index (χ3n) is 3.32. The van der Waals surface area contributed by atoms with Crippen molar-refractivity contribution in [2.45, 2.75) is 40.5 Å². The molecular weight excluding hydrogens is 288 g/mol. The van der Waals surface area contributed by atoms with E-state index in [9.17, 15) is 0 Å². The van der Waals surface area contributed by atoms with Crippen LogP contribution in [0, 0.1) is 11.3 Å². The summed E-state index contributed by atoms with van der Waals surface area (Å²) in [4.78, 5) is 0. The van der Waals surface area contributed by atoms with Gasteiger partial charge in [-0.15, -0.1) is 0 Å². The van der Waals surface area contributed by atoms with E-state index < -0.39 is 0 Å². The van der Waals surface area contributed by atoms with E-state index in [0.717, 1.165) is 24.1 Å². The second-order valence-corrected chi connectivity index (χ2v) is 6.57. The first-order chi connectivity index (χ1) is 8.47.